The first kappa shape index (κ1) is 30.7. The number of nitrogens with one attached hydrogen (secondary N) is 3. The lowest BCUT2D eigenvalue weighted by Gasteiger charge is -2.23. The van der Waals surface area contributed by atoms with Crippen molar-refractivity contribution in [1.82, 2.24) is 25.4 Å². The van der Waals surface area contributed by atoms with Gasteiger partial charge in [0.05, 0.1) is 29.6 Å². The van der Waals surface area contributed by atoms with Crippen LogP contribution in [0.5, 0.6) is 0 Å². The van der Waals surface area contributed by atoms with E-state index in [1.807, 2.05) is 6.92 Å². The number of thioether (sulfide) groups is 1. The highest BCUT2D eigenvalue weighted by Gasteiger charge is 2.28. The number of fused-ring (bicyclic) bond motifs is 1. The minimum Gasteiger partial charge on any atom is -0.417 e. The number of carbonyl (C=O) groups excluding carboxylic acids is 1. The van der Waals surface area contributed by atoms with E-state index in [0.717, 1.165) is 6.42 Å². The van der Waals surface area contributed by atoms with Crippen molar-refractivity contribution in [3.8, 4) is 11.6 Å². The molecule has 2 aromatic heterocycles. The SMILES string of the molecule is C=C/C=C(\SC)C(=O)NCc1nnc(-c2cc3c(NC(CCC)C(F)CNC)cccc3n2CC(F)(F)P)o1. The fourth-order valence-corrected chi connectivity index (χ4v) is 4.85. The van der Waals surface area contributed by atoms with Crippen LogP contribution >= 0.6 is 21.0 Å². The van der Waals surface area contributed by atoms with Gasteiger partial charge in [-0.1, -0.05) is 41.3 Å². The summed E-state index contributed by atoms with van der Waals surface area (Å²) >= 11 is 1.26. The second kappa shape index (κ2) is 14.0. The first-order valence-corrected chi connectivity index (χ1v) is 14.2. The van der Waals surface area contributed by atoms with Gasteiger partial charge >= 0.3 is 0 Å². The maximum absolute atomic E-state index is 14.9. The summed E-state index contributed by atoms with van der Waals surface area (Å²) in [6, 6.07) is 6.44. The first-order valence-electron chi connectivity index (χ1n) is 12.4. The molecule has 0 radical (unpaired) electrons. The molecular weight excluding hydrogens is 548 g/mol. The number of carbonyl (C=O) groups is 1. The van der Waals surface area contributed by atoms with Crippen LogP contribution in [-0.4, -0.2) is 58.4 Å². The van der Waals surface area contributed by atoms with Crippen molar-refractivity contribution in [3.05, 3.63) is 53.8 Å². The van der Waals surface area contributed by atoms with Crippen LogP contribution in [-0.2, 0) is 17.9 Å². The highest BCUT2D eigenvalue weighted by atomic mass is 32.2. The van der Waals surface area contributed by atoms with Crippen LogP contribution in [0.2, 0.25) is 0 Å². The summed E-state index contributed by atoms with van der Waals surface area (Å²) in [5, 5.41) is 17.5. The van der Waals surface area contributed by atoms with E-state index in [1.165, 1.54) is 22.4 Å². The summed E-state index contributed by atoms with van der Waals surface area (Å²) < 4.78 is 50.5. The molecule has 0 bridgehead atoms. The Kier molecular flexibility index (Phi) is 11.0. The average Bonchev–Trinajstić information content (AvgIpc) is 3.50. The van der Waals surface area contributed by atoms with E-state index in [9.17, 15) is 18.0 Å². The number of allylic oxidation sites excluding steroid dienone is 2. The Morgan fingerprint density at radius 3 is 2.77 bits per heavy atom. The molecular formula is C26H34F3N6O2PS. The zero-order valence-electron chi connectivity index (χ0n) is 22.1. The molecule has 0 saturated carbocycles. The van der Waals surface area contributed by atoms with Crippen molar-refractivity contribution in [2.24, 2.45) is 0 Å². The highest BCUT2D eigenvalue weighted by molar-refractivity contribution is 8.03. The fraction of sp³-hybridized carbons (Fsp3) is 0.423. The van der Waals surface area contributed by atoms with Gasteiger partial charge in [-0.15, -0.1) is 22.0 Å². The predicted octanol–water partition coefficient (Wildman–Crippen LogP) is 5.35. The van der Waals surface area contributed by atoms with Crippen molar-refractivity contribution >= 4 is 43.5 Å². The van der Waals surface area contributed by atoms with Crippen LogP contribution in [0.3, 0.4) is 0 Å². The molecule has 0 aliphatic carbocycles. The van der Waals surface area contributed by atoms with Crippen LogP contribution in [0, 0.1) is 0 Å². The van der Waals surface area contributed by atoms with Gasteiger partial charge in [-0.05, 0) is 44.0 Å². The largest absolute Gasteiger partial charge is 0.417 e. The van der Waals surface area contributed by atoms with Crippen molar-refractivity contribution in [3.63, 3.8) is 0 Å². The van der Waals surface area contributed by atoms with E-state index < -0.39 is 24.4 Å². The lowest BCUT2D eigenvalue weighted by molar-refractivity contribution is -0.117. The van der Waals surface area contributed by atoms with Gasteiger partial charge in [-0.25, -0.2) is 13.2 Å². The van der Waals surface area contributed by atoms with Gasteiger partial charge in [0.25, 0.3) is 17.5 Å². The zero-order chi connectivity index (χ0) is 28.6. The second-order valence-electron chi connectivity index (χ2n) is 8.88. The molecule has 0 fully saturated rings. The molecule has 1 amide bonds. The van der Waals surface area contributed by atoms with E-state index in [-0.39, 0.29) is 36.5 Å². The number of amides is 1. The predicted molar refractivity (Wildman–Crippen MR) is 155 cm³/mol. The number of benzene rings is 1. The van der Waals surface area contributed by atoms with E-state index >= 15 is 0 Å². The molecule has 13 heteroatoms. The quantitative estimate of drug-likeness (QED) is 0.126. The van der Waals surface area contributed by atoms with Gasteiger partial charge < -0.3 is 24.9 Å². The standard InChI is InChI=1S/C26H34F3N6O2PS/c1-5-8-19(17(27)13-30-3)32-18-10-7-11-20-16(18)12-21(35(20)15-26(28,29)38)25-34-33-23(37-25)14-31-24(36)22(39-4)9-6-2/h6-7,9-12,17,19,30,32H,2,5,8,13-15,38H2,1,3-4H3,(H,31,36)/b22-9-. The average molecular weight is 583 g/mol. The van der Waals surface area contributed by atoms with Gasteiger partial charge in [0.1, 0.15) is 11.9 Å². The van der Waals surface area contributed by atoms with Gasteiger partial charge in [0.2, 0.25) is 5.89 Å². The third kappa shape index (κ3) is 8.09. The Balaban J connectivity index is 1.98. The summed E-state index contributed by atoms with van der Waals surface area (Å²) in [6.45, 7) is 5.04. The van der Waals surface area contributed by atoms with Crippen LogP contribution in [0.4, 0.5) is 18.9 Å². The third-order valence-corrected chi connectivity index (χ3v) is 6.83. The van der Waals surface area contributed by atoms with Crippen molar-refractivity contribution in [2.75, 3.05) is 25.2 Å². The fourth-order valence-electron chi connectivity index (χ4n) is 4.18. The molecule has 8 nitrogen and oxygen atoms in total. The van der Waals surface area contributed by atoms with E-state index in [0.29, 0.717) is 27.9 Å². The molecule has 3 rings (SSSR count). The Hall–Kier alpha value is -2.82. The molecule has 0 saturated heterocycles. The molecule has 0 aliphatic rings. The Morgan fingerprint density at radius 2 is 2.13 bits per heavy atom. The smallest absolute Gasteiger partial charge is 0.276 e. The van der Waals surface area contributed by atoms with Gasteiger partial charge in [0.15, 0.2) is 0 Å². The number of hydrogen-bond acceptors (Lipinski definition) is 7. The molecule has 2 heterocycles. The minimum atomic E-state index is -3.12. The van der Waals surface area contributed by atoms with Crippen LogP contribution in [0.1, 0.15) is 25.7 Å². The number of hydrogen-bond donors (Lipinski definition) is 3. The Bertz CT molecular complexity index is 1310. The third-order valence-electron chi connectivity index (χ3n) is 5.89. The monoisotopic (exact) mass is 582 g/mol. The van der Waals surface area contributed by atoms with Crippen molar-refractivity contribution < 1.29 is 22.4 Å². The summed E-state index contributed by atoms with van der Waals surface area (Å²) in [7, 11) is 3.24. The lowest BCUT2D eigenvalue weighted by atomic mass is 10.1. The number of rotatable bonds is 15. The molecule has 3 N–H and O–H groups in total. The number of halogens is 3. The summed E-state index contributed by atoms with van der Waals surface area (Å²) in [4.78, 5) is 12.8. The number of alkyl halides is 3. The first-order chi connectivity index (χ1) is 18.6. The molecule has 0 aliphatic heterocycles. The molecule has 0 spiro atoms. The normalized spacial score (nSPS) is 13.9. The molecule has 3 aromatic rings. The number of nitrogens with zero attached hydrogens (tertiary/aromatic N) is 3. The molecule has 3 unspecified atom stereocenters. The number of anilines is 1. The topological polar surface area (TPSA) is 97.0 Å². The summed E-state index contributed by atoms with van der Waals surface area (Å²) in [6.07, 6.45) is 5.08. The van der Waals surface area contributed by atoms with E-state index in [2.05, 4.69) is 32.7 Å². The van der Waals surface area contributed by atoms with E-state index in [1.54, 1.807) is 52.9 Å². The summed E-state index contributed by atoms with van der Waals surface area (Å²) in [5.74, 6) is -0.202. The van der Waals surface area contributed by atoms with Crippen LogP contribution < -0.4 is 16.0 Å². The maximum atomic E-state index is 14.9. The van der Waals surface area contributed by atoms with Gasteiger partial charge in [0, 0.05) is 17.6 Å². The van der Waals surface area contributed by atoms with Crippen molar-refractivity contribution in [2.45, 2.75) is 50.7 Å². The molecule has 3 atom stereocenters. The highest BCUT2D eigenvalue weighted by Crippen LogP contribution is 2.36. The molecule has 1 aromatic carbocycles. The van der Waals surface area contributed by atoms with Crippen LogP contribution in [0.25, 0.3) is 22.5 Å². The van der Waals surface area contributed by atoms with Gasteiger partial charge in [-0.2, -0.15) is 0 Å². The van der Waals surface area contributed by atoms with Crippen LogP contribution in [0.15, 0.2) is 52.3 Å². The minimum absolute atomic E-state index is 0.0195. The maximum Gasteiger partial charge on any atom is 0.276 e. The molecule has 39 heavy (non-hydrogen) atoms. The summed E-state index contributed by atoms with van der Waals surface area (Å²) in [5.41, 5.74) is -1.72. The Morgan fingerprint density at radius 1 is 1.36 bits per heavy atom. The molecule has 212 valence electrons. The number of aromatic nitrogens is 3. The van der Waals surface area contributed by atoms with E-state index in [4.69, 9.17) is 4.42 Å². The Labute approximate surface area is 232 Å². The zero-order valence-corrected chi connectivity index (χ0v) is 24.1. The second-order valence-corrected chi connectivity index (χ2v) is 10.6. The lowest BCUT2D eigenvalue weighted by Crippen LogP contribution is -2.37. The van der Waals surface area contributed by atoms with Crippen molar-refractivity contribution in [1.29, 1.82) is 0 Å². The van der Waals surface area contributed by atoms with Gasteiger partial charge in [-0.3, -0.25) is 4.79 Å².